The standard InChI is InChI=1S/C27H30F3N7O/c1-36-8-10-37(11-9-36)16-19-4-5-22(35-26(38)18-3-2-17-6-7-32-23(17)12-18)21(25(19)27(28,29)30)13-20-14-34-24(31)15-33-20/h2-5,12,14-15,32H,6-11,13,16H2,1H3,(H2,31,34)(H,35,38). The highest BCUT2D eigenvalue weighted by Gasteiger charge is 2.38. The van der Waals surface area contributed by atoms with Crippen LogP contribution >= 0.6 is 0 Å². The maximum atomic E-state index is 14.7. The van der Waals surface area contributed by atoms with Crippen molar-refractivity contribution in [1.82, 2.24) is 19.8 Å². The van der Waals surface area contributed by atoms with Crippen molar-refractivity contribution in [2.24, 2.45) is 0 Å². The van der Waals surface area contributed by atoms with Gasteiger partial charge in [0.1, 0.15) is 5.82 Å². The monoisotopic (exact) mass is 525 g/mol. The van der Waals surface area contributed by atoms with E-state index in [-0.39, 0.29) is 35.6 Å². The average Bonchev–Trinajstić information content (AvgIpc) is 3.35. The number of benzene rings is 2. The van der Waals surface area contributed by atoms with Gasteiger partial charge in [-0.05, 0) is 48.4 Å². The molecule has 200 valence electrons. The van der Waals surface area contributed by atoms with Crippen LogP contribution in [0.1, 0.15) is 38.3 Å². The number of hydrogen-bond acceptors (Lipinski definition) is 7. The second kappa shape index (κ2) is 10.6. The molecular formula is C27H30F3N7O. The Morgan fingerprint density at radius 1 is 1.11 bits per heavy atom. The number of anilines is 3. The summed E-state index contributed by atoms with van der Waals surface area (Å²) in [4.78, 5) is 25.5. The summed E-state index contributed by atoms with van der Waals surface area (Å²) in [6, 6.07) is 8.33. The molecule has 4 N–H and O–H groups in total. The number of piperazine rings is 1. The van der Waals surface area contributed by atoms with E-state index in [0.29, 0.717) is 24.3 Å². The van der Waals surface area contributed by atoms with Gasteiger partial charge in [-0.3, -0.25) is 14.7 Å². The van der Waals surface area contributed by atoms with Crippen molar-refractivity contribution < 1.29 is 18.0 Å². The van der Waals surface area contributed by atoms with Crippen LogP contribution < -0.4 is 16.4 Å². The van der Waals surface area contributed by atoms with Crippen LogP contribution in [0.4, 0.5) is 30.4 Å². The molecule has 0 atom stereocenters. The summed E-state index contributed by atoms with van der Waals surface area (Å²) >= 11 is 0. The quantitative estimate of drug-likeness (QED) is 0.452. The molecule has 1 amide bonds. The summed E-state index contributed by atoms with van der Waals surface area (Å²) in [5, 5.41) is 5.96. The van der Waals surface area contributed by atoms with Crippen molar-refractivity contribution in [3.8, 4) is 0 Å². The van der Waals surface area contributed by atoms with E-state index >= 15 is 0 Å². The summed E-state index contributed by atoms with van der Waals surface area (Å²) in [5.41, 5.74) is 7.76. The number of nitrogens with two attached hydrogens (primary N) is 1. The fourth-order valence-electron chi connectivity index (χ4n) is 4.99. The Morgan fingerprint density at radius 3 is 2.61 bits per heavy atom. The first-order valence-corrected chi connectivity index (χ1v) is 12.5. The van der Waals surface area contributed by atoms with Gasteiger partial charge in [-0.1, -0.05) is 12.1 Å². The lowest BCUT2D eigenvalue weighted by Gasteiger charge is -2.33. The third-order valence-corrected chi connectivity index (χ3v) is 7.09. The van der Waals surface area contributed by atoms with Gasteiger partial charge in [0.05, 0.1) is 23.7 Å². The topological polar surface area (TPSA) is 99.4 Å². The summed E-state index contributed by atoms with van der Waals surface area (Å²) in [7, 11) is 2.00. The van der Waals surface area contributed by atoms with Crippen LogP contribution in [0.15, 0.2) is 42.7 Å². The van der Waals surface area contributed by atoms with Gasteiger partial charge in [-0.2, -0.15) is 13.2 Å². The van der Waals surface area contributed by atoms with Gasteiger partial charge in [-0.15, -0.1) is 0 Å². The highest BCUT2D eigenvalue weighted by Crippen LogP contribution is 2.40. The van der Waals surface area contributed by atoms with Crippen LogP contribution in [0.3, 0.4) is 0 Å². The lowest BCUT2D eigenvalue weighted by Crippen LogP contribution is -2.44. The number of rotatable bonds is 6. The normalized spacial score (nSPS) is 16.2. The number of carbonyl (C=O) groups excluding carboxylic acids is 1. The molecule has 2 aliphatic heterocycles. The Hall–Kier alpha value is -3.70. The minimum atomic E-state index is -4.64. The van der Waals surface area contributed by atoms with Crippen LogP contribution in [0, 0.1) is 0 Å². The maximum Gasteiger partial charge on any atom is 0.417 e. The maximum absolute atomic E-state index is 14.7. The number of nitrogens with zero attached hydrogens (tertiary/aromatic N) is 4. The van der Waals surface area contributed by atoms with Gasteiger partial charge in [0.2, 0.25) is 0 Å². The SMILES string of the molecule is CN1CCN(Cc2ccc(NC(=O)c3ccc4c(c3)NCC4)c(Cc3cnc(N)cn3)c2C(F)(F)F)CC1. The van der Waals surface area contributed by atoms with E-state index in [0.717, 1.165) is 37.3 Å². The molecule has 3 aromatic rings. The molecular weight excluding hydrogens is 495 g/mol. The molecule has 0 saturated carbocycles. The number of amides is 1. The largest absolute Gasteiger partial charge is 0.417 e. The predicted octanol–water partition coefficient (Wildman–Crippen LogP) is 3.64. The first kappa shape index (κ1) is 25.9. The molecule has 0 radical (unpaired) electrons. The molecule has 1 aromatic heterocycles. The minimum absolute atomic E-state index is 0.0455. The highest BCUT2D eigenvalue weighted by molar-refractivity contribution is 6.05. The lowest BCUT2D eigenvalue weighted by atomic mass is 9.94. The molecule has 2 aliphatic rings. The summed E-state index contributed by atoms with van der Waals surface area (Å²) in [5.74, 6) is -0.307. The van der Waals surface area contributed by atoms with Crippen LogP contribution in [-0.2, 0) is 25.6 Å². The van der Waals surface area contributed by atoms with Crippen molar-refractivity contribution in [1.29, 1.82) is 0 Å². The lowest BCUT2D eigenvalue weighted by molar-refractivity contribution is -0.139. The Bertz CT molecular complexity index is 1320. The summed E-state index contributed by atoms with van der Waals surface area (Å²) in [6.07, 6.45) is -1.27. The second-order valence-electron chi connectivity index (χ2n) is 9.82. The average molecular weight is 526 g/mol. The van der Waals surface area contributed by atoms with Gasteiger partial charge in [0, 0.05) is 62.6 Å². The molecule has 8 nitrogen and oxygen atoms in total. The summed E-state index contributed by atoms with van der Waals surface area (Å²) < 4.78 is 44.0. The van der Waals surface area contributed by atoms with Crippen molar-refractivity contribution in [3.63, 3.8) is 0 Å². The smallest absolute Gasteiger partial charge is 0.384 e. The highest BCUT2D eigenvalue weighted by atomic mass is 19.4. The van der Waals surface area contributed by atoms with E-state index in [1.54, 1.807) is 18.2 Å². The molecule has 0 spiro atoms. The third kappa shape index (κ3) is 5.73. The molecule has 1 fully saturated rings. The molecule has 0 bridgehead atoms. The number of nitrogens with one attached hydrogen (secondary N) is 2. The van der Waals surface area contributed by atoms with Gasteiger partial charge < -0.3 is 21.3 Å². The van der Waals surface area contributed by atoms with Gasteiger partial charge in [-0.25, -0.2) is 4.98 Å². The Labute approximate surface area is 219 Å². The zero-order valence-electron chi connectivity index (χ0n) is 21.1. The van der Waals surface area contributed by atoms with Crippen LogP contribution in [-0.4, -0.2) is 65.4 Å². The number of hydrogen-bond donors (Lipinski definition) is 3. The molecule has 1 saturated heterocycles. The number of halogens is 3. The second-order valence-corrected chi connectivity index (χ2v) is 9.82. The number of nitrogen functional groups attached to an aromatic ring is 1. The number of carbonyl (C=O) groups is 1. The van der Waals surface area contributed by atoms with Gasteiger partial charge in [0.15, 0.2) is 0 Å². The van der Waals surface area contributed by atoms with E-state index in [1.165, 1.54) is 18.5 Å². The first-order chi connectivity index (χ1) is 18.2. The Balaban J connectivity index is 1.52. The Kier molecular flexibility index (Phi) is 7.22. The summed E-state index contributed by atoms with van der Waals surface area (Å²) in [6.45, 7) is 3.89. The van der Waals surface area contributed by atoms with Crippen LogP contribution in [0.2, 0.25) is 0 Å². The number of fused-ring (bicyclic) bond motifs is 1. The van der Waals surface area contributed by atoms with Crippen molar-refractivity contribution in [2.45, 2.75) is 25.6 Å². The zero-order chi connectivity index (χ0) is 26.9. The molecule has 5 rings (SSSR count). The molecule has 11 heteroatoms. The van der Waals surface area contributed by atoms with E-state index in [4.69, 9.17) is 5.73 Å². The molecule has 3 heterocycles. The first-order valence-electron chi connectivity index (χ1n) is 12.5. The van der Waals surface area contributed by atoms with E-state index in [9.17, 15) is 18.0 Å². The number of aromatic nitrogens is 2. The van der Waals surface area contributed by atoms with E-state index in [1.807, 2.05) is 18.0 Å². The third-order valence-electron chi connectivity index (χ3n) is 7.09. The van der Waals surface area contributed by atoms with Crippen LogP contribution in [0.5, 0.6) is 0 Å². The number of likely N-dealkylation sites (N-methyl/N-ethyl adjacent to an activating group) is 1. The molecule has 2 aromatic carbocycles. The minimum Gasteiger partial charge on any atom is -0.384 e. The van der Waals surface area contributed by atoms with E-state index < -0.39 is 17.6 Å². The van der Waals surface area contributed by atoms with Crippen molar-refractivity contribution in [2.75, 3.05) is 56.1 Å². The van der Waals surface area contributed by atoms with Crippen LogP contribution in [0.25, 0.3) is 0 Å². The fraction of sp³-hybridized carbons (Fsp3) is 0.370. The van der Waals surface area contributed by atoms with E-state index in [2.05, 4.69) is 25.5 Å². The molecule has 0 unspecified atom stereocenters. The van der Waals surface area contributed by atoms with Gasteiger partial charge in [0.25, 0.3) is 5.91 Å². The molecule has 38 heavy (non-hydrogen) atoms. The number of alkyl halides is 3. The van der Waals surface area contributed by atoms with Crippen molar-refractivity contribution >= 4 is 23.1 Å². The fourth-order valence-corrected chi connectivity index (χ4v) is 4.99. The molecule has 0 aliphatic carbocycles. The Morgan fingerprint density at radius 2 is 1.89 bits per heavy atom. The van der Waals surface area contributed by atoms with Crippen molar-refractivity contribution in [3.05, 3.63) is 76.2 Å². The van der Waals surface area contributed by atoms with Gasteiger partial charge >= 0.3 is 6.18 Å². The zero-order valence-corrected chi connectivity index (χ0v) is 21.1. The predicted molar refractivity (Wildman–Crippen MR) is 140 cm³/mol.